The molecule has 0 aliphatic heterocycles. The van der Waals surface area contributed by atoms with Crippen molar-refractivity contribution in [3.8, 4) is 5.00 Å². The van der Waals surface area contributed by atoms with E-state index in [1.54, 1.807) is 29.4 Å². The van der Waals surface area contributed by atoms with E-state index in [0.29, 0.717) is 16.4 Å². The van der Waals surface area contributed by atoms with E-state index >= 15 is 0 Å². The van der Waals surface area contributed by atoms with Crippen LogP contribution < -0.4 is 10.6 Å². The molecule has 136 valence electrons. The Morgan fingerprint density at radius 1 is 1.07 bits per heavy atom. The summed E-state index contributed by atoms with van der Waals surface area (Å²) in [5.41, 5.74) is 0.245. The predicted molar refractivity (Wildman–Crippen MR) is 99.8 cm³/mol. The number of rotatable bonds is 6. The van der Waals surface area contributed by atoms with Crippen LogP contribution in [0.4, 0.5) is 5.69 Å². The van der Waals surface area contributed by atoms with Crippen LogP contribution in [-0.2, 0) is 17.9 Å². The van der Waals surface area contributed by atoms with Crippen molar-refractivity contribution in [1.82, 2.24) is 19.8 Å². The van der Waals surface area contributed by atoms with Gasteiger partial charge in [-0.25, -0.2) is 4.79 Å². The Balaban J connectivity index is 1.60. The Kier molecular flexibility index (Phi) is 4.67. The van der Waals surface area contributed by atoms with Crippen LogP contribution in [0.25, 0.3) is 5.00 Å². The van der Waals surface area contributed by atoms with Crippen LogP contribution in [0.5, 0.6) is 0 Å². The first-order valence-electron chi connectivity index (χ1n) is 8.17. The molecule has 8 nitrogen and oxygen atoms in total. The van der Waals surface area contributed by atoms with Crippen molar-refractivity contribution >= 4 is 22.9 Å². The number of aromatic nitrogens is 4. The number of carbonyl (C=O) groups is 1. The highest BCUT2D eigenvalue weighted by Crippen LogP contribution is 2.18. The number of hydrogen-bond acceptors (Lipinski definition) is 6. The summed E-state index contributed by atoms with van der Waals surface area (Å²) in [4.78, 5) is 27.0. The van der Waals surface area contributed by atoms with Gasteiger partial charge in [0.05, 0.1) is 12.8 Å². The second-order valence-electron chi connectivity index (χ2n) is 5.68. The molecule has 1 aromatic carbocycles. The molecule has 0 aliphatic carbocycles. The number of carbonyl (C=O) groups excluding carboxylic acids is 1. The highest BCUT2D eigenvalue weighted by Gasteiger charge is 2.20. The highest BCUT2D eigenvalue weighted by atomic mass is 32.1. The van der Waals surface area contributed by atoms with Crippen molar-refractivity contribution in [2.75, 3.05) is 4.90 Å². The van der Waals surface area contributed by atoms with E-state index in [1.165, 1.54) is 16.0 Å². The van der Waals surface area contributed by atoms with Gasteiger partial charge in [0, 0.05) is 5.69 Å². The van der Waals surface area contributed by atoms with Crippen LogP contribution >= 0.6 is 11.3 Å². The standard InChI is InChI=1S/C18H15N5O3S/c24-16(13-22-18(25)23(20-19-22)17-9-5-11-27-17)21(12-15-8-4-10-26-15)14-6-2-1-3-7-14/h1-11H,12-13H2. The smallest absolute Gasteiger partial charge is 0.369 e. The fourth-order valence-electron chi connectivity index (χ4n) is 2.61. The normalized spacial score (nSPS) is 10.8. The number of benzene rings is 1. The van der Waals surface area contributed by atoms with E-state index in [1.807, 2.05) is 41.8 Å². The second kappa shape index (κ2) is 7.42. The van der Waals surface area contributed by atoms with E-state index in [4.69, 9.17) is 4.42 Å². The van der Waals surface area contributed by atoms with Crippen molar-refractivity contribution < 1.29 is 9.21 Å². The number of furan rings is 1. The summed E-state index contributed by atoms with van der Waals surface area (Å²) >= 11 is 1.37. The number of tetrazole rings is 1. The van der Waals surface area contributed by atoms with E-state index in [0.717, 1.165) is 4.68 Å². The summed E-state index contributed by atoms with van der Waals surface area (Å²) in [6.45, 7) is 0.0312. The lowest BCUT2D eigenvalue weighted by Gasteiger charge is -2.21. The third kappa shape index (κ3) is 3.58. The fraction of sp³-hybridized carbons (Fsp3) is 0.111. The van der Waals surface area contributed by atoms with Crippen molar-refractivity contribution in [3.63, 3.8) is 0 Å². The minimum atomic E-state index is -0.461. The molecule has 27 heavy (non-hydrogen) atoms. The number of amides is 1. The van der Waals surface area contributed by atoms with E-state index < -0.39 is 5.69 Å². The molecule has 0 fully saturated rings. The Hall–Kier alpha value is -3.46. The number of thiophene rings is 1. The highest BCUT2D eigenvalue weighted by molar-refractivity contribution is 7.12. The largest absolute Gasteiger partial charge is 0.467 e. The molecule has 0 aliphatic rings. The summed E-state index contributed by atoms with van der Waals surface area (Å²) in [5, 5.41) is 10.2. The molecule has 0 spiro atoms. The lowest BCUT2D eigenvalue weighted by Crippen LogP contribution is -2.36. The molecule has 3 heterocycles. The average molecular weight is 381 g/mol. The Labute approximate surface area is 157 Å². The molecule has 9 heteroatoms. The average Bonchev–Trinajstić information content (AvgIpc) is 3.44. The van der Waals surface area contributed by atoms with Gasteiger partial charge >= 0.3 is 5.69 Å². The van der Waals surface area contributed by atoms with Gasteiger partial charge in [0.2, 0.25) is 5.91 Å². The molecule has 0 radical (unpaired) electrons. The summed E-state index contributed by atoms with van der Waals surface area (Å²) in [7, 11) is 0. The van der Waals surface area contributed by atoms with Crippen LogP contribution in [0.2, 0.25) is 0 Å². The van der Waals surface area contributed by atoms with Crippen LogP contribution in [0.1, 0.15) is 5.76 Å². The summed E-state index contributed by atoms with van der Waals surface area (Å²) in [5.74, 6) is 0.347. The molecule has 0 bridgehead atoms. The maximum Gasteiger partial charge on any atom is 0.369 e. The Morgan fingerprint density at radius 2 is 1.93 bits per heavy atom. The lowest BCUT2D eigenvalue weighted by molar-refractivity contribution is -0.119. The van der Waals surface area contributed by atoms with Crippen molar-refractivity contribution in [2.24, 2.45) is 0 Å². The first-order valence-corrected chi connectivity index (χ1v) is 9.05. The topological polar surface area (TPSA) is 86.2 Å². The van der Waals surface area contributed by atoms with Gasteiger partial charge in [0.25, 0.3) is 0 Å². The quantitative estimate of drug-likeness (QED) is 0.512. The molecule has 3 aromatic heterocycles. The van der Waals surface area contributed by atoms with Crippen molar-refractivity contribution in [2.45, 2.75) is 13.1 Å². The van der Waals surface area contributed by atoms with E-state index in [-0.39, 0.29) is 19.0 Å². The maximum atomic E-state index is 12.9. The first-order chi connectivity index (χ1) is 13.2. The van der Waals surface area contributed by atoms with Crippen molar-refractivity contribution in [3.05, 3.63) is 82.5 Å². The predicted octanol–water partition coefficient (Wildman–Crippen LogP) is 2.32. The van der Waals surface area contributed by atoms with Crippen molar-refractivity contribution in [1.29, 1.82) is 0 Å². The summed E-state index contributed by atoms with van der Waals surface area (Å²) in [6, 6.07) is 16.3. The molecule has 0 atom stereocenters. The molecular weight excluding hydrogens is 366 g/mol. The van der Waals surface area contributed by atoms with Gasteiger partial charge < -0.3 is 9.32 Å². The fourth-order valence-corrected chi connectivity index (χ4v) is 3.27. The maximum absolute atomic E-state index is 12.9. The molecule has 4 rings (SSSR count). The van der Waals surface area contributed by atoms with Crippen LogP contribution in [0.15, 0.2) is 75.5 Å². The number of anilines is 1. The lowest BCUT2D eigenvalue weighted by atomic mass is 10.2. The molecule has 0 unspecified atom stereocenters. The number of nitrogens with zero attached hydrogens (tertiary/aromatic N) is 5. The van der Waals surface area contributed by atoms with Gasteiger partial charge in [-0.2, -0.15) is 9.36 Å². The van der Waals surface area contributed by atoms with Gasteiger partial charge in [-0.05, 0) is 52.2 Å². The minimum Gasteiger partial charge on any atom is -0.467 e. The van der Waals surface area contributed by atoms with E-state index in [9.17, 15) is 9.59 Å². The monoisotopic (exact) mass is 381 g/mol. The molecular formula is C18H15N5O3S. The van der Waals surface area contributed by atoms with Gasteiger partial charge in [0.15, 0.2) is 0 Å². The Morgan fingerprint density at radius 3 is 2.63 bits per heavy atom. The molecule has 1 amide bonds. The summed E-state index contributed by atoms with van der Waals surface area (Å²) in [6.07, 6.45) is 1.56. The van der Waals surface area contributed by atoms with Gasteiger partial charge in [-0.3, -0.25) is 4.79 Å². The van der Waals surface area contributed by atoms with Crippen LogP contribution in [0.3, 0.4) is 0 Å². The molecule has 0 N–H and O–H groups in total. The zero-order chi connectivity index (χ0) is 18.6. The molecule has 0 saturated carbocycles. The Bertz CT molecular complexity index is 1070. The third-order valence-electron chi connectivity index (χ3n) is 3.90. The zero-order valence-corrected chi connectivity index (χ0v) is 15.0. The van der Waals surface area contributed by atoms with Crippen LogP contribution in [-0.4, -0.2) is 25.7 Å². The van der Waals surface area contributed by atoms with Gasteiger partial charge in [-0.1, -0.05) is 18.2 Å². The second-order valence-corrected chi connectivity index (χ2v) is 6.60. The van der Waals surface area contributed by atoms with Crippen LogP contribution in [0, 0.1) is 0 Å². The zero-order valence-electron chi connectivity index (χ0n) is 14.1. The van der Waals surface area contributed by atoms with Gasteiger partial charge in [-0.15, -0.1) is 11.3 Å². The first kappa shape index (κ1) is 17.0. The van der Waals surface area contributed by atoms with E-state index in [2.05, 4.69) is 10.4 Å². The third-order valence-corrected chi connectivity index (χ3v) is 4.75. The SMILES string of the molecule is O=C(Cn1nnn(-c2cccs2)c1=O)N(Cc1ccco1)c1ccccc1. The number of hydrogen-bond donors (Lipinski definition) is 0. The molecule has 4 aromatic rings. The van der Waals surface area contributed by atoms with Gasteiger partial charge in [0.1, 0.15) is 17.3 Å². The summed E-state index contributed by atoms with van der Waals surface area (Å²) < 4.78 is 7.60. The molecule has 0 saturated heterocycles. The number of para-hydroxylation sites is 1. The minimum absolute atomic E-state index is 0.222.